The van der Waals surface area contributed by atoms with E-state index in [1.807, 2.05) is 30.3 Å². The molecule has 0 aliphatic carbocycles. The van der Waals surface area contributed by atoms with Gasteiger partial charge in [-0.25, -0.2) is 0 Å². The summed E-state index contributed by atoms with van der Waals surface area (Å²) in [6, 6.07) is 14.0. The molecular weight excluding hydrogens is 367 g/mol. The molecule has 2 aromatic carbocycles. The van der Waals surface area contributed by atoms with Crippen LogP contribution in [0.2, 0.25) is 0 Å². The van der Waals surface area contributed by atoms with Crippen LogP contribution < -0.4 is 4.72 Å². The third-order valence-corrected chi connectivity index (χ3v) is 4.26. The Morgan fingerprint density at radius 3 is 2.41 bits per heavy atom. The van der Waals surface area contributed by atoms with Crippen molar-refractivity contribution in [3.63, 3.8) is 0 Å². The molecule has 0 saturated carbocycles. The first-order valence-electron chi connectivity index (χ1n) is 6.17. The Morgan fingerprint density at radius 1 is 1.14 bits per heavy atom. The Hall–Kier alpha value is -0.980. The normalized spacial score (nSPS) is 11.4. The molecule has 8 heteroatoms. The minimum atomic E-state index is -1.73. The van der Waals surface area contributed by atoms with E-state index in [0.717, 1.165) is 5.56 Å². The Morgan fingerprint density at radius 2 is 1.82 bits per heavy atom. The molecule has 0 bridgehead atoms. The van der Waals surface area contributed by atoms with Crippen LogP contribution in [0.15, 0.2) is 53.4 Å². The topological polar surface area (TPSA) is 55.2 Å². The molecule has 1 N–H and O–H groups in total. The zero-order valence-corrected chi connectivity index (χ0v) is 14.2. The van der Waals surface area contributed by atoms with Crippen LogP contribution >= 0.6 is 46.8 Å². The van der Waals surface area contributed by atoms with E-state index >= 15 is 0 Å². The number of benzene rings is 2. The highest BCUT2D eigenvalue weighted by Crippen LogP contribution is 2.43. The molecule has 0 fully saturated rings. The van der Waals surface area contributed by atoms with Crippen LogP contribution in [0.25, 0.3) is 0 Å². The molecule has 0 amide bonds. The average Bonchev–Trinajstić information content (AvgIpc) is 2.47. The summed E-state index contributed by atoms with van der Waals surface area (Å²) in [4.78, 5) is 10.9. The van der Waals surface area contributed by atoms with Gasteiger partial charge < -0.3 is 0 Å². The van der Waals surface area contributed by atoms with E-state index < -0.39 is 8.72 Å². The van der Waals surface area contributed by atoms with Gasteiger partial charge in [-0.2, -0.15) is 0 Å². The van der Waals surface area contributed by atoms with E-state index in [9.17, 15) is 10.1 Å². The Kier molecular flexibility index (Phi) is 5.94. The lowest BCUT2D eigenvalue weighted by atomic mass is 10.2. The Labute approximate surface area is 147 Å². The second kappa shape index (κ2) is 7.53. The van der Waals surface area contributed by atoms with Crippen molar-refractivity contribution in [1.82, 2.24) is 4.72 Å². The van der Waals surface area contributed by atoms with Gasteiger partial charge in [-0.3, -0.25) is 14.8 Å². The van der Waals surface area contributed by atoms with Gasteiger partial charge in [0.1, 0.15) is 0 Å². The molecule has 2 rings (SSSR count). The Bertz CT molecular complexity index is 663. The molecule has 22 heavy (non-hydrogen) atoms. The number of non-ortho nitro benzene ring substituents is 1. The van der Waals surface area contributed by atoms with Crippen molar-refractivity contribution < 1.29 is 4.92 Å². The fraction of sp³-hybridized carbons (Fsp3) is 0.143. The summed E-state index contributed by atoms with van der Waals surface area (Å²) in [5, 5.41) is 10.8. The number of nitro groups is 1. The first-order chi connectivity index (χ1) is 10.4. The zero-order chi connectivity index (χ0) is 16.2. The van der Waals surface area contributed by atoms with Gasteiger partial charge in [0.2, 0.25) is 3.79 Å². The van der Waals surface area contributed by atoms with E-state index in [-0.39, 0.29) is 11.3 Å². The van der Waals surface area contributed by atoms with E-state index in [0.29, 0.717) is 11.4 Å². The van der Waals surface area contributed by atoms with E-state index in [1.54, 1.807) is 6.07 Å². The molecule has 0 aromatic heterocycles. The molecular formula is C14H11Cl3N2O2S. The summed E-state index contributed by atoms with van der Waals surface area (Å²) >= 11 is 19.0. The van der Waals surface area contributed by atoms with Crippen molar-refractivity contribution in [2.45, 2.75) is 15.2 Å². The fourth-order valence-corrected chi connectivity index (χ4v) is 3.22. The monoisotopic (exact) mass is 376 g/mol. The minimum absolute atomic E-state index is 0.117. The molecule has 2 aromatic rings. The van der Waals surface area contributed by atoms with Crippen molar-refractivity contribution in [2.75, 3.05) is 0 Å². The van der Waals surface area contributed by atoms with Crippen LogP contribution in [-0.2, 0) is 10.3 Å². The second-order valence-corrected chi connectivity index (χ2v) is 7.56. The maximum absolute atomic E-state index is 10.8. The third-order valence-electron chi connectivity index (χ3n) is 2.78. The lowest BCUT2D eigenvalue weighted by molar-refractivity contribution is -0.385. The SMILES string of the molecule is O=[N+]([O-])c1ccc(SNCc2ccccc2)c(C(Cl)(Cl)Cl)c1. The standard InChI is InChI=1S/C14H11Cl3N2O2S/c15-14(16,17)12-8-11(19(20)21)6-7-13(12)22-18-9-10-4-2-1-3-5-10/h1-8,18H,9H2. The maximum atomic E-state index is 10.8. The van der Waals surface area contributed by atoms with E-state index in [4.69, 9.17) is 34.8 Å². The van der Waals surface area contributed by atoms with E-state index in [2.05, 4.69) is 4.72 Å². The smallest absolute Gasteiger partial charge is 0.258 e. The highest BCUT2D eigenvalue weighted by molar-refractivity contribution is 7.97. The van der Waals surface area contributed by atoms with Crippen LogP contribution in [0.4, 0.5) is 5.69 Å². The molecule has 116 valence electrons. The lowest BCUT2D eigenvalue weighted by Gasteiger charge is -2.16. The number of nitrogens with one attached hydrogen (secondary N) is 1. The Balaban J connectivity index is 2.14. The molecule has 0 aliphatic heterocycles. The van der Waals surface area contributed by atoms with Gasteiger partial charge in [-0.05, 0) is 23.6 Å². The maximum Gasteiger partial charge on any atom is 0.269 e. The molecule has 0 spiro atoms. The predicted octanol–water partition coefficient (Wildman–Crippen LogP) is 5.22. The lowest BCUT2D eigenvalue weighted by Crippen LogP contribution is -2.08. The molecule has 0 saturated heterocycles. The van der Waals surface area contributed by atoms with Gasteiger partial charge in [0.15, 0.2) is 0 Å². The first-order valence-corrected chi connectivity index (χ1v) is 8.12. The first kappa shape index (κ1) is 17.4. The van der Waals surface area contributed by atoms with Gasteiger partial charge in [0, 0.05) is 29.1 Å². The number of rotatable bonds is 5. The summed E-state index contributed by atoms with van der Waals surface area (Å²) < 4.78 is 1.42. The number of alkyl halides is 3. The second-order valence-electron chi connectivity index (χ2n) is 4.34. The van der Waals surface area contributed by atoms with Gasteiger partial charge in [0.25, 0.3) is 5.69 Å². The summed E-state index contributed by atoms with van der Waals surface area (Å²) in [5.74, 6) is 0. The number of nitrogens with zero attached hydrogens (tertiary/aromatic N) is 1. The predicted molar refractivity (Wildman–Crippen MR) is 91.5 cm³/mol. The third kappa shape index (κ3) is 4.76. The largest absolute Gasteiger partial charge is 0.269 e. The highest BCUT2D eigenvalue weighted by atomic mass is 35.6. The van der Waals surface area contributed by atoms with Crippen LogP contribution in [0.5, 0.6) is 0 Å². The number of hydrogen-bond acceptors (Lipinski definition) is 4. The van der Waals surface area contributed by atoms with Crippen molar-refractivity contribution in [1.29, 1.82) is 0 Å². The number of hydrogen-bond donors (Lipinski definition) is 1. The van der Waals surface area contributed by atoms with Gasteiger partial charge in [-0.15, -0.1) is 0 Å². The van der Waals surface area contributed by atoms with Crippen LogP contribution in [0.1, 0.15) is 11.1 Å². The summed E-state index contributed by atoms with van der Waals surface area (Å²) in [6.07, 6.45) is 0. The number of nitro benzene ring substituents is 1. The van der Waals surface area contributed by atoms with Crippen molar-refractivity contribution >= 4 is 52.4 Å². The summed E-state index contributed by atoms with van der Waals surface area (Å²) in [5.41, 5.74) is 1.26. The molecule has 0 radical (unpaired) electrons. The van der Waals surface area contributed by atoms with Gasteiger partial charge in [-0.1, -0.05) is 65.1 Å². The summed E-state index contributed by atoms with van der Waals surface area (Å²) in [7, 11) is 0. The summed E-state index contributed by atoms with van der Waals surface area (Å²) in [6.45, 7) is 0.613. The molecule has 0 aliphatic rings. The molecule has 0 heterocycles. The van der Waals surface area contributed by atoms with Crippen LogP contribution in [0.3, 0.4) is 0 Å². The highest BCUT2D eigenvalue weighted by Gasteiger charge is 2.28. The molecule has 0 unspecified atom stereocenters. The quantitative estimate of drug-likeness (QED) is 0.336. The van der Waals surface area contributed by atoms with Crippen molar-refractivity contribution in [2.24, 2.45) is 0 Å². The van der Waals surface area contributed by atoms with Crippen molar-refractivity contribution in [3.05, 3.63) is 69.8 Å². The van der Waals surface area contributed by atoms with E-state index in [1.165, 1.54) is 24.1 Å². The minimum Gasteiger partial charge on any atom is -0.258 e. The number of halogens is 3. The van der Waals surface area contributed by atoms with Gasteiger partial charge in [0.05, 0.1) is 4.92 Å². The van der Waals surface area contributed by atoms with Crippen LogP contribution in [0, 0.1) is 10.1 Å². The van der Waals surface area contributed by atoms with Crippen LogP contribution in [-0.4, -0.2) is 4.92 Å². The van der Waals surface area contributed by atoms with Crippen molar-refractivity contribution in [3.8, 4) is 0 Å². The molecule has 4 nitrogen and oxygen atoms in total. The van der Waals surface area contributed by atoms with Gasteiger partial charge >= 0.3 is 0 Å². The fourth-order valence-electron chi connectivity index (χ4n) is 1.74. The average molecular weight is 378 g/mol. The molecule has 0 atom stereocenters. The zero-order valence-electron chi connectivity index (χ0n) is 11.1.